The molecule has 1 heterocycles. The molecule has 0 saturated carbocycles. The number of hydrogen-bond donors (Lipinski definition) is 1. The molecule has 1 aromatic heterocycles. The number of nitrogens with zero attached hydrogens (tertiary/aromatic N) is 1. The van der Waals surface area contributed by atoms with Gasteiger partial charge in [-0.25, -0.2) is 5.43 Å². The Labute approximate surface area is 220 Å². The van der Waals surface area contributed by atoms with Crippen LogP contribution in [0.3, 0.4) is 0 Å². The van der Waals surface area contributed by atoms with Gasteiger partial charge in [0.2, 0.25) is 0 Å². The fourth-order valence-corrected chi connectivity index (χ4v) is 4.44. The van der Waals surface area contributed by atoms with Crippen LogP contribution in [-0.2, 0) is 6.61 Å². The zero-order valence-electron chi connectivity index (χ0n) is 19.1. The lowest BCUT2D eigenvalue weighted by Gasteiger charge is -2.13. The van der Waals surface area contributed by atoms with E-state index in [4.69, 9.17) is 25.5 Å². The molecule has 0 bridgehead atoms. The molecule has 0 unspecified atom stereocenters. The Kier molecular flexibility index (Phi) is 6.93. The van der Waals surface area contributed by atoms with Gasteiger partial charge in [-0.3, -0.25) is 4.79 Å². The first-order valence-electron chi connectivity index (χ1n) is 11.0. The highest BCUT2D eigenvalue weighted by Gasteiger charge is 2.14. The zero-order valence-corrected chi connectivity index (χ0v) is 21.5. The predicted octanol–water partition coefficient (Wildman–Crippen LogP) is 7.35. The predicted molar refractivity (Wildman–Crippen MR) is 145 cm³/mol. The van der Waals surface area contributed by atoms with E-state index in [-0.39, 0.29) is 5.76 Å². The summed E-state index contributed by atoms with van der Waals surface area (Å²) in [5.74, 6) is 0.584. The van der Waals surface area contributed by atoms with Crippen LogP contribution in [-0.4, -0.2) is 19.2 Å². The van der Waals surface area contributed by atoms with Crippen molar-refractivity contribution in [3.63, 3.8) is 0 Å². The number of fused-ring (bicyclic) bond motifs is 2. The van der Waals surface area contributed by atoms with Crippen LogP contribution in [0.25, 0.3) is 21.7 Å². The molecule has 0 radical (unpaired) electrons. The van der Waals surface area contributed by atoms with Gasteiger partial charge in [-0.2, -0.15) is 5.10 Å². The van der Waals surface area contributed by atoms with Crippen molar-refractivity contribution in [1.29, 1.82) is 0 Å². The molecular weight excluding hydrogens is 544 g/mol. The normalized spacial score (nSPS) is 11.3. The van der Waals surface area contributed by atoms with E-state index in [0.29, 0.717) is 34.3 Å². The first-order valence-corrected chi connectivity index (χ1v) is 12.2. The van der Waals surface area contributed by atoms with E-state index in [1.807, 2.05) is 30.3 Å². The standard InChI is InChI=1S/C28H20BrClN2O4/c1-34-25-12-18(15-31-32-28(33)26-14-21-13-22(29)8-9-24(21)36-26)11-23(30)27(25)35-16-17-6-7-19-4-2-3-5-20(19)10-17/h2-15H,16H2,1H3,(H,32,33)/b31-15+. The molecule has 0 spiro atoms. The summed E-state index contributed by atoms with van der Waals surface area (Å²) in [5.41, 5.74) is 4.72. The van der Waals surface area contributed by atoms with Crippen LogP contribution >= 0.6 is 27.5 Å². The molecule has 4 aromatic carbocycles. The van der Waals surface area contributed by atoms with Crippen molar-refractivity contribution >= 4 is 61.4 Å². The topological polar surface area (TPSA) is 73.1 Å². The van der Waals surface area contributed by atoms with Gasteiger partial charge >= 0.3 is 5.91 Å². The molecule has 0 aliphatic rings. The summed E-state index contributed by atoms with van der Waals surface area (Å²) < 4.78 is 18.0. The third-order valence-electron chi connectivity index (χ3n) is 5.53. The maximum absolute atomic E-state index is 12.4. The second-order valence-electron chi connectivity index (χ2n) is 8.00. The molecule has 0 fully saturated rings. The number of methoxy groups -OCH3 is 1. The summed E-state index contributed by atoms with van der Waals surface area (Å²) in [7, 11) is 1.54. The van der Waals surface area contributed by atoms with Gasteiger partial charge in [-0.1, -0.05) is 63.9 Å². The molecule has 1 N–H and O–H groups in total. The van der Waals surface area contributed by atoms with E-state index >= 15 is 0 Å². The van der Waals surface area contributed by atoms with Crippen molar-refractivity contribution in [3.8, 4) is 11.5 Å². The number of halogens is 2. The van der Waals surface area contributed by atoms with Gasteiger partial charge in [0, 0.05) is 9.86 Å². The van der Waals surface area contributed by atoms with Crippen molar-refractivity contribution in [2.45, 2.75) is 6.61 Å². The minimum Gasteiger partial charge on any atom is -0.493 e. The minimum atomic E-state index is -0.466. The average Bonchev–Trinajstić information content (AvgIpc) is 3.31. The molecular formula is C28H20BrClN2O4. The first kappa shape index (κ1) is 23.9. The van der Waals surface area contributed by atoms with Crippen LogP contribution in [0.5, 0.6) is 11.5 Å². The van der Waals surface area contributed by atoms with Crippen LogP contribution in [0.4, 0.5) is 0 Å². The van der Waals surface area contributed by atoms with Gasteiger partial charge in [0.25, 0.3) is 0 Å². The fourth-order valence-electron chi connectivity index (χ4n) is 3.79. The number of amides is 1. The SMILES string of the molecule is COc1cc(/C=N/NC(=O)c2cc3cc(Br)ccc3o2)cc(Cl)c1OCc1ccc2ccccc2c1. The lowest BCUT2D eigenvalue weighted by atomic mass is 10.1. The van der Waals surface area contributed by atoms with Crippen LogP contribution in [0.2, 0.25) is 5.02 Å². The molecule has 0 saturated heterocycles. The smallest absolute Gasteiger partial charge is 0.307 e. The highest BCUT2D eigenvalue weighted by Crippen LogP contribution is 2.36. The largest absolute Gasteiger partial charge is 0.493 e. The number of rotatable bonds is 7. The number of ether oxygens (including phenoxy) is 2. The third kappa shape index (κ3) is 5.22. The molecule has 5 rings (SSSR count). The molecule has 6 nitrogen and oxygen atoms in total. The molecule has 0 atom stereocenters. The highest BCUT2D eigenvalue weighted by molar-refractivity contribution is 9.10. The number of hydrazone groups is 1. The second-order valence-corrected chi connectivity index (χ2v) is 9.32. The van der Waals surface area contributed by atoms with Crippen molar-refractivity contribution in [2.24, 2.45) is 5.10 Å². The van der Waals surface area contributed by atoms with Crippen molar-refractivity contribution in [2.75, 3.05) is 7.11 Å². The van der Waals surface area contributed by atoms with E-state index in [9.17, 15) is 4.79 Å². The second kappa shape index (κ2) is 10.4. The molecule has 1 amide bonds. The maximum Gasteiger partial charge on any atom is 0.307 e. The quantitative estimate of drug-likeness (QED) is 0.166. The van der Waals surface area contributed by atoms with E-state index in [1.165, 1.54) is 18.7 Å². The van der Waals surface area contributed by atoms with Crippen molar-refractivity contribution < 1.29 is 18.7 Å². The Bertz CT molecular complexity index is 1610. The number of nitrogens with one attached hydrogen (secondary N) is 1. The third-order valence-corrected chi connectivity index (χ3v) is 6.30. The highest BCUT2D eigenvalue weighted by atomic mass is 79.9. The van der Waals surface area contributed by atoms with E-state index in [1.54, 1.807) is 24.3 Å². The number of benzene rings is 4. The van der Waals surface area contributed by atoms with E-state index in [2.05, 4.69) is 50.7 Å². The fraction of sp³-hybridized carbons (Fsp3) is 0.0714. The Morgan fingerprint density at radius 3 is 2.69 bits per heavy atom. The average molecular weight is 564 g/mol. The Morgan fingerprint density at radius 1 is 1.03 bits per heavy atom. The zero-order chi connectivity index (χ0) is 25.1. The summed E-state index contributed by atoms with van der Waals surface area (Å²) in [6, 6.07) is 24.9. The molecule has 36 heavy (non-hydrogen) atoms. The molecule has 8 heteroatoms. The molecule has 5 aromatic rings. The van der Waals surface area contributed by atoms with Crippen LogP contribution in [0.15, 0.2) is 92.9 Å². The monoisotopic (exact) mass is 562 g/mol. The first-order chi connectivity index (χ1) is 17.5. The number of carbonyl (C=O) groups is 1. The van der Waals surface area contributed by atoms with Gasteiger partial charge in [0.1, 0.15) is 12.2 Å². The molecule has 0 aliphatic heterocycles. The Balaban J connectivity index is 1.27. The summed E-state index contributed by atoms with van der Waals surface area (Å²) in [6.07, 6.45) is 1.47. The maximum atomic E-state index is 12.4. The lowest BCUT2D eigenvalue weighted by Crippen LogP contribution is -2.16. The van der Waals surface area contributed by atoms with E-state index < -0.39 is 5.91 Å². The summed E-state index contributed by atoms with van der Waals surface area (Å²) in [5, 5.41) is 7.51. The van der Waals surface area contributed by atoms with Gasteiger partial charge in [-0.15, -0.1) is 0 Å². The number of hydrogen-bond acceptors (Lipinski definition) is 5. The molecule has 180 valence electrons. The van der Waals surface area contributed by atoms with Gasteiger partial charge < -0.3 is 13.9 Å². The Morgan fingerprint density at radius 2 is 1.86 bits per heavy atom. The summed E-state index contributed by atoms with van der Waals surface area (Å²) in [4.78, 5) is 12.4. The molecule has 0 aliphatic carbocycles. The number of carbonyl (C=O) groups excluding carboxylic acids is 1. The van der Waals surface area contributed by atoms with E-state index in [0.717, 1.165) is 20.8 Å². The minimum absolute atomic E-state index is 0.160. The van der Waals surface area contributed by atoms with Crippen molar-refractivity contribution in [3.05, 3.63) is 105 Å². The van der Waals surface area contributed by atoms with Crippen LogP contribution in [0, 0.1) is 0 Å². The van der Waals surface area contributed by atoms with Crippen LogP contribution < -0.4 is 14.9 Å². The summed E-state index contributed by atoms with van der Waals surface area (Å²) >= 11 is 9.90. The summed E-state index contributed by atoms with van der Waals surface area (Å²) in [6.45, 7) is 0.332. The van der Waals surface area contributed by atoms with Crippen molar-refractivity contribution in [1.82, 2.24) is 5.43 Å². The van der Waals surface area contributed by atoms with Gasteiger partial charge in [0.15, 0.2) is 17.3 Å². The Hall–Kier alpha value is -3.81. The van der Waals surface area contributed by atoms with Gasteiger partial charge in [-0.05, 0) is 64.4 Å². The van der Waals surface area contributed by atoms with Gasteiger partial charge in [0.05, 0.1) is 18.3 Å². The van der Waals surface area contributed by atoms with Crippen LogP contribution in [0.1, 0.15) is 21.7 Å². The number of furan rings is 1. The lowest BCUT2D eigenvalue weighted by molar-refractivity contribution is 0.0929.